The molecule has 2 unspecified atom stereocenters. The van der Waals surface area contributed by atoms with Gasteiger partial charge in [-0.2, -0.15) is 0 Å². The standard InChI is InChI=1S/C18H22N2O3/c1-3-16(14-8-5-4-6-9-14)18(22)20-13(2)17(21)19-12-15-10-7-11-23-15/h4-11,13,16H,3,12H2,1-2H3,(H,19,21)(H,20,22). The van der Waals surface area contributed by atoms with Crippen LogP contribution in [0.3, 0.4) is 0 Å². The first-order valence-electron chi connectivity index (χ1n) is 7.77. The molecule has 2 amide bonds. The summed E-state index contributed by atoms with van der Waals surface area (Å²) >= 11 is 0. The van der Waals surface area contributed by atoms with Crippen LogP contribution in [0.2, 0.25) is 0 Å². The molecule has 1 aromatic heterocycles. The zero-order chi connectivity index (χ0) is 16.7. The molecule has 0 aliphatic rings. The Morgan fingerprint density at radius 1 is 1.09 bits per heavy atom. The minimum atomic E-state index is -0.602. The molecular weight excluding hydrogens is 292 g/mol. The second-order valence-corrected chi connectivity index (χ2v) is 5.40. The van der Waals surface area contributed by atoms with Crippen LogP contribution in [0.4, 0.5) is 0 Å². The van der Waals surface area contributed by atoms with Gasteiger partial charge in [-0.3, -0.25) is 9.59 Å². The van der Waals surface area contributed by atoms with Gasteiger partial charge < -0.3 is 15.1 Å². The van der Waals surface area contributed by atoms with E-state index < -0.39 is 6.04 Å². The molecule has 23 heavy (non-hydrogen) atoms. The highest BCUT2D eigenvalue weighted by Gasteiger charge is 2.22. The summed E-state index contributed by atoms with van der Waals surface area (Å²) in [5, 5.41) is 5.52. The van der Waals surface area contributed by atoms with Crippen molar-refractivity contribution in [1.29, 1.82) is 0 Å². The molecule has 0 fully saturated rings. The molecule has 0 aliphatic carbocycles. The van der Waals surface area contributed by atoms with Crippen LogP contribution in [-0.4, -0.2) is 17.9 Å². The number of rotatable bonds is 7. The van der Waals surface area contributed by atoms with Crippen molar-refractivity contribution in [3.05, 3.63) is 60.1 Å². The van der Waals surface area contributed by atoms with Crippen LogP contribution in [0.5, 0.6) is 0 Å². The quantitative estimate of drug-likeness (QED) is 0.825. The molecule has 1 aromatic carbocycles. The minimum absolute atomic E-state index is 0.139. The lowest BCUT2D eigenvalue weighted by Gasteiger charge is -2.19. The number of amides is 2. The van der Waals surface area contributed by atoms with Gasteiger partial charge in [0.05, 0.1) is 18.7 Å². The Hall–Kier alpha value is -2.56. The van der Waals surface area contributed by atoms with Gasteiger partial charge in [0.1, 0.15) is 11.8 Å². The predicted molar refractivity (Wildman–Crippen MR) is 87.6 cm³/mol. The molecule has 0 bridgehead atoms. The molecule has 2 rings (SSSR count). The maximum Gasteiger partial charge on any atom is 0.242 e. The van der Waals surface area contributed by atoms with E-state index in [4.69, 9.17) is 4.42 Å². The molecule has 2 atom stereocenters. The molecule has 0 aliphatic heterocycles. The smallest absolute Gasteiger partial charge is 0.242 e. The zero-order valence-corrected chi connectivity index (χ0v) is 13.4. The van der Waals surface area contributed by atoms with Crippen molar-refractivity contribution in [3.63, 3.8) is 0 Å². The fourth-order valence-electron chi connectivity index (χ4n) is 2.38. The fourth-order valence-corrected chi connectivity index (χ4v) is 2.38. The number of hydrogen-bond donors (Lipinski definition) is 2. The van der Waals surface area contributed by atoms with Crippen LogP contribution < -0.4 is 10.6 Å². The summed E-state index contributed by atoms with van der Waals surface area (Å²) < 4.78 is 5.16. The fraction of sp³-hybridized carbons (Fsp3) is 0.333. The van der Waals surface area contributed by atoms with E-state index in [9.17, 15) is 9.59 Å². The van der Waals surface area contributed by atoms with Gasteiger partial charge in [0.25, 0.3) is 0 Å². The number of nitrogens with one attached hydrogen (secondary N) is 2. The Balaban J connectivity index is 1.88. The molecule has 0 radical (unpaired) electrons. The third-order valence-corrected chi connectivity index (χ3v) is 3.70. The molecule has 122 valence electrons. The minimum Gasteiger partial charge on any atom is -0.467 e. The van der Waals surface area contributed by atoms with Crippen LogP contribution in [0.25, 0.3) is 0 Å². The third-order valence-electron chi connectivity index (χ3n) is 3.70. The number of benzene rings is 1. The maximum absolute atomic E-state index is 12.4. The molecule has 2 aromatic rings. The summed E-state index contributed by atoms with van der Waals surface area (Å²) in [6.45, 7) is 3.94. The van der Waals surface area contributed by atoms with Gasteiger partial charge in [0.15, 0.2) is 0 Å². The zero-order valence-electron chi connectivity index (χ0n) is 13.4. The van der Waals surface area contributed by atoms with Crippen molar-refractivity contribution in [2.75, 3.05) is 0 Å². The normalized spacial score (nSPS) is 13.1. The SMILES string of the molecule is CCC(C(=O)NC(C)C(=O)NCc1ccco1)c1ccccc1. The van der Waals surface area contributed by atoms with Crippen LogP contribution in [0.1, 0.15) is 37.5 Å². The molecular formula is C18H22N2O3. The Morgan fingerprint density at radius 2 is 1.83 bits per heavy atom. The van der Waals surface area contributed by atoms with E-state index >= 15 is 0 Å². The maximum atomic E-state index is 12.4. The van der Waals surface area contributed by atoms with Gasteiger partial charge in [-0.05, 0) is 31.0 Å². The molecule has 5 heteroatoms. The van der Waals surface area contributed by atoms with Crippen LogP contribution in [-0.2, 0) is 16.1 Å². The van der Waals surface area contributed by atoms with Gasteiger partial charge >= 0.3 is 0 Å². The topological polar surface area (TPSA) is 71.3 Å². The lowest BCUT2D eigenvalue weighted by atomic mass is 9.95. The summed E-state index contributed by atoms with van der Waals surface area (Å²) in [6.07, 6.45) is 2.23. The first-order valence-corrected chi connectivity index (χ1v) is 7.77. The second kappa shape index (κ2) is 8.17. The summed E-state index contributed by atoms with van der Waals surface area (Å²) in [5.41, 5.74) is 0.954. The van der Waals surface area contributed by atoms with Crippen molar-refractivity contribution in [1.82, 2.24) is 10.6 Å². The van der Waals surface area contributed by atoms with E-state index in [1.165, 1.54) is 0 Å². The van der Waals surface area contributed by atoms with E-state index in [1.807, 2.05) is 37.3 Å². The van der Waals surface area contributed by atoms with E-state index in [0.29, 0.717) is 18.7 Å². The molecule has 5 nitrogen and oxygen atoms in total. The van der Waals surface area contributed by atoms with Crippen LogP contribution in [0, 0.1) is 0 Å². The molecule has 0 saturated carbocycles. The Labute approximate surface area is 136 Å². The van der Waals surface area contributed by atoms with Crippen molar-refractivity contribution in [3.8, 4) is 0 Å². The largest absolute Gasteiger partial charge is 0.467 e. The van der Waals surface area contributed by atoms with E-state index in [1.54, 1.807) is 25.3 Å². The van der Waals surface area contributed by atoms with Gasteiger partial charge in [0, 0.05) is 0 Å². The number of furan rings is 1. The monoisotopic (exact) mass is 314 g/mol. The van der Waals surface area contributed by atoms with Crippen LogP contribution in [0.15, 0.2) is 53.1 Å². The summed E-state index contributed by atoms with van der Waals surface area (Å²) in [6, 6.07) is 12.5. The highest BCUT2D eigenvalue weighted by atomic mass is 16.3. The van der Waals surface area contributed by atoms with Crippen molar-refractivity contribution in [2.45, 2.75) is 38.8 Å². The number of carbonyl (C=O) groups excluding carboxylic acids is 2. The van der Waals surface area contributed by atoms with Gasteiger partial charge in [0.2, 0.25) is 11.8 Å². The lowest BCUT2D eigenvalue weighted by Crippen LogP contribution is -2.46. The Kier molecular flexibility index (Phi) is 5.97. The Bertz CT molecular complexity index is 623. The summed E-state index contributed by atoms with van der Waals surface area (Å²) in [5.74, 6) is 0.0427. The van der Waals surface area contributed by atoms with Crippen LogP contribution >= 0.6 is 0 Å². The number of carbonyl (C=O) groups is 2. The molecule has 2 N–H and O–H groups in total. The number of hydrogen-bond acceptors (Lipinski definition) is 3. The molecule has 1 heterocycles. The highest BCUT2D eigenvalue weighted by Crippen LogP contribution is 2.19. The molecule has 0 spiro atoms. The Morgan fingerprint density at radius 3 is 2.43 bits per heavy atom. The summed E-state index contributed by atoms with van der Waals surface area (Å²) in [4.78, 5) is 24.5. The van der Waals surface area contributed by atoms with E-state index in [0.717, 1.165) is 5.56 Å². The van der Waals surface area contributed by atoms with Crippen molar-refractivity contribution >= 4 is 11.8 Å². The van der Waals surface area contributed by atoms with Crippen molar-refractivity contribution in [2.24, 2.45) is 0 Å². The van der Waals surface area contributed by atoms with Gasteiger partial charge in [-0.15, -0.1) is 0 Å². The van der Waals surface area contributed by atoms with E-state index in [-0.39, 0.29) is 17.7 Å². The van der Waals surface area contributed by atoms with E-state index in [2.05, 4.69) is 10.6 Å². The summed E-state index contributed by atoms with van der Waals surface area (Å²) in [7, 11) is 0. The van der Waals surface area contributed by atoms with Gasteiger partial charge in [-0.25, -0.2) is 0 Å². The first-order chi connectivity index (χ1) is 11.1. The third kappa shape index (κ3) is 4.71. The second-order valence-electron chi connectivity index (χ2n) is 5.40. The van der Waals surface area contributed by atoms with Crippen molar-refractivity contribution < 1.29 is 14.0 Å². The average Bonchev–Trinajstić information content (AvgIpc) is 3.07. The predicted octanol–water partition coefficient (Wildman–Crippen LogP) is 2.59. The first kappa shape index (κ1) is 16.8. The molecule has 0 saturated heterocycles. The van der Waals surface area contributed by atoms with Gasteiger partial charge in [-0.1, -0.05) is 37.3 Å². The lowest BCUT2D eigenvalue weighted by molar-refractivity contribution is -0.129. The highest BCUT2D eigenvalue weighted by molar-refractivity contribution is 5.90. The average molecular weight is 314 g/mol.